The van der Waals surface area contributed by atoms with Crippen molar-refractivity contribution >= 4 is 0 Å². The fourth-order valence-corrected chi connectivity index (χ4v) is 2.32. The van der Waals surface area contributed by atoms with Crippen LogP contribution >= 0.6 is 0 Å². The van der Waals surface area contributed by atoms with Crippen LogP contribution in [0.4, 0.5) is 0 Å². The van der Waals surface area contributed by atoms with Crippen molar-refractivity contribution in [1.29, 1.82) is 0 Å². The maximum absolute atomic E-state index is 5.86. The molecule has 2 heterocycles. The minimum Gasteiger partial charge on any atom is -0.381 e. The van der Waals surface area contributed by atoms with Crippen molar-refractivity contribution in [2.45, 2.75) is 25.3 Å². The van der Waals surface area contributed by atoms with Gasteiger partial charge >= 0.3 is 0 Å². The minimum atomic E-state index is 0.430. The third-order valence-electron chi connectivity index (χ3n) is 3.17. The number of likely N-dealkylation sites (tertiary alicyclic amines) is 1. The average molecular weight is 184 g/mol. The van der Waals surface area contributed by atoms with Gasteiger partial charge in [-0.3, -0.25) is 0 Å². The van der Waals surface area contributed by atoms with Crippen molar-refractivity contribution < 1.29 is 4.74 Å². The Bertz CT molecular complexity index is 154. The predicted molar refractivity (Wildman–Crippen MR) is 52.6 cm³/mol. The summed E-state index contributed by atoms with van der Waals surface area (Å²) in [6.07, 6.45) is 3.67. The van der Waals surface area contributed by atoms with E-state index < -0.39 is 0 Å². The van der Waals surface area contributed by atoms with Gasteiger partial charge in [0.2, 0.25) is 0 Å². The highest BCUT2D eigenvalue weighted by atomic mass is 16.5. The summed E-state index contributed by atoms with van der Waals surface area (Å²) in [5.41, 5.74) is 5.86. The van der Waals surface area contributed by atoms with Gasteiger partial charge in [-0.1, -0.05) is 0 Å². The second-order valence-electron chi connectivity index (χ2n) is 4.36. The summed E-state index contributed by atoms with van der Waals surface area (Å²) in [7, 11) is 0. The molecule has 2 N–H and O–H groups in total. The van der Waals surface area contributed by atoms with Crippen LogP contribution in [0.2, 0.25) is 0 Å². The van der Waals surface area contributed by atoms with E-state index in [-0.39, 0.29) is 0 Å². The molecule has 0 spiro atoms. The zero-order chi connectivity index (χ0) is 9.10. The van der Waals surface area contributed by atoms with E-state index in [1.807, 2.05) is 0 Å². The highest BCUT2D eigenvalue weighted by Crippen LogP contribution is 2.18. The molecule has 0 aromatic rings. The normalized spacial score (nSPS) is 32.5. The highest BCUT2D eigenvalue weighted by Gasteiger charge is 2.23. The molecule has 2 rings (SSSR count). The predicted octanol–water partition coefficient (Wildman–Crippen LogP) is 0.446. The summed E-state index contributed by atoms with van der Waals surface area (Å²) < 4.78 is 5.34. The topological polar surface area (TPSA) is 38.5 Å². The Hall–Kier alpha value is -0.120. The van der Waals surface area contributed by atoms with Crippen LogP contribution in [-0.2, 0) is 4.74 Å². The third-order valence-corrected chi connectivity index (χ3v) is 3.17. The standard InChI is InChI=1S/C10H20N2O/c11-10-1-4-12(8-10)7-9-2-5-13-6-3-9/h9-10H,1-8,11H2/t10-/m1/s1. The molecule has 0 aromatic carbocycles. The van der Waals surface area contributed by atoms with Crippen LogP contribution in [0.5, 0.6) is 0 Å². The second-order valence-corrected chi connectivity index (χ2v) is 4.36. The Kier molecular flexibility index (Phi) is 3.19. The molecule has 0 aromatic heterocycles. The van der Waals surface area contributed by atoms with Gasteiger partial charge in [-0.05, 0) is 31.7 Å². The first-order chi connectivity index (χ1) is 6.34. The van der Waals surface area contributed by atoms with E-state index in [2.05, 4.69) is 4.90 Å². The molecular weight excluding hydrogens is 164 g/mol. The quantitative estimate of drug-likeness (QED) is 0.677. The molecule has 0 unspecified atom stereocenters. The fourth-order valence-electron chi connectivity index (χ4n) is 2.32. The van der Waals surface area contributed by atoms with Gasteiger partial charge in [0.25, 0.3) is 0 Å². The number of rotatable bonds is 2. The van der Waals surface area contributed by atoms with Gasteiger partial charge in [-0.2, -0.15) is 0 Å². The number of ether oxygens (including phenoxy) is 1. The van der Waals surface area contributed by atoms with E-state index in [1.54, 1.807) is 0 Å². The van der Waals surface area contributed by atoms with Crippen molar-refractivity contribution in [3.8, 4) is 0 Å². The molecule has 0 saturated carbocycles. The minimum absolute atomic E-state index is 0.430. The average Bonchev–Trinajstić information content (AvgIpc) is 2.53. The maximum Gasteiger partial charge on any atom is 0.0469 e. The van der Waals surface area contributed by atoms with Crippen LogP contribution in [0.25, 0.3) is 0 Å². The van der Waals surface area contributed by atoms with Crippen LogP contribution in [0, 0.1) is 5.92 Å². The molecule has 3 heteroatoms. The van der Waals surface area contributed by atoms with Gasteiger partial charge in [0.15, 0.2) is 0 Å². The summed E-state index contributed by atoms with van der Waals surface area (Å²) in [6.45, 7) is 5.49. The van der Waals surface area contributed by atoms with Crippen LogP contribution in [0.15, 0.2) is 0 Å². The van der Waals surface area contributed by atoms with Gasteiger partial charge in [-0.15, -0.1) is 0 Å². The number of hydrogen-bond acceptors (Lipinski definition) is 3. The van der Waals surface area contributed by atoms with E-state index in [4.69, 9.17) is 10.5 Å². The lowest BCUT2D eigenvalue weighted by molar-refractivity contribution is 0.0554. The van der Waals surface area contributed by atoms with E-state index in [0.29, 0.717) is 6.04 Å². The molecule has 1 atom stereocenters. The Labute approximate surface area is 80.2 Å². The monoisotopic (exact) mass is 184 g/mol. The van der Waals surface area contributed by atoms with Crippen molar-refractivity contribution in [1.82, 2.24) is 4.90 Å². The largest absolute Gasteiger partial charge is 0.381 e. The van der Waals surface area contributed by atoms with Crippen LogP contribution in [-0.4, -0.2) is 43.8 Å². The zero-order valence-electron chi connectivity index (χ0n) is 8.24. The van der Waals surface area contributed by atoms with E-state index in [9.17, 15) is 0 Å². The first kappa shape index (κ1) is 9.44. The van der Waals surface area contributed by atoms with Gasteiger partial charge in [0.05, 0.1) is 0 Å². The van der Waals surface area contributed by atoms with Crippen LogP contribution < -0.4 is 5.73 Å². The lowest BCUT2D eigenvalue weighted by atomic mass is 10.00. The molecule has 2 aliphatic heterocycles. The Morgan fingerprint density at radius 3 is 2.62 bits per heavy atom. The molecule has 2 aliphatic rings. The van der Waals surface area contributed by atoms with E-state index in [0.717, 1.165) is 25.7 Å². The van der Waals surface area contributed by atoms with Crippen molar-refractivity contribution in [2.24, 2.45) is 11.7 Å². The summed E-state index contributed by atoms with van der Waals surface area (Å²) >= 11 is 0. The smallest absolute Gasteiger partial charge is 0.0469 e. The highest BCUT2D eigenvalue weighted by molar-refractivity contribution is 4.80. The fraction of sp³-hybridized carbons (Fsp3) is 1.00. The summed E-state index contributed by atoms with van der Waals surface area (Å²) in [5, 5.41) is 0. The first-order valence-corrected chi connectivity index (χ1v) is 5.40. The van der Waals surface area contributed by atoms with Gasteiger partial charge in [0.1, 0.15) is 0 Å². The summed E-state index contributed by atoms with van der Waals surface area (Å²) in [6, 6.07) is 0.430. The number of nitrogens with zero attached hydrogens (tertiary/aromatic N) is 1. The van der Waals surface area contributed by atoms with Crippen molar-refractivity contribution in [3.05, 3.63) is 0 Å². The van der Waals surface area contributed by atoms with Gasteiger partial charge < -0.3 is 15.4 Å². The van der Waals surface area contributed by atoms with Gasteiger partial charge in [0, 0.05) is 32.3 Å². The van der Waals surface area contributed by atoms with Gasteiger partial charge in [-0.25, -0.2) is 0 Å². The van der Waals surface area contributed by atoms with Crippen LogP contribution in [0.1, 0.15) is 19.3 Å². The summed E-state index contributed by atoms with van der Waals surface area (Å²) in [5.74, 6) is 0.860. The van der Waals surface area contributed by atoms with Crippen molar-refractivity contribution in [2.75, 3.05) is 32.8 Å². The molecule has 0 radical (unpaired) electrons. The van der Waals surface area contributed by atoms with E-state index in [1.165, 1.54) is 32.4 Å². The molecule has 2 saturated heterocycles. The molecule has 13 heavy (non-hydrogen) atoms. The first-order valence-electron chi connectivity index (χ1n) is 5.40. The summed E-state index contributed by atoms with van der Waals surface area (Å²) in [4.78, 5) is 2.51. The Balaban J connectivity index is 1.71. The van der Waals surface area contributed by atoms with Crippen LogP contribution in [0.3, 0.4) is 0 Å². The molecule has 76 valence electrons. The lowest BCUT2D eigenvalue weighted by Crippen LogP contribution is -2.33. The van der Waals surface area contributed by atoms with Crippen molar-refractivity contribution in [3.63, 3.8) is 0 Å². The van der Waals surface area contributed by atoms with E-state index >= 15 is 0 Å². The molecule has 3 nitrogen and oxygen atoms in total. The SMILES string of the molecule is N[C@@H]1CCN(CC2CCOCC2)C1. The second kappa shape index (κ2) is 4.40. The lowest BCUT2D eigenvalue weighted by Gasteiger charge is -2.26. The molecule has 0 bridgehead atoms. The number of hydrogen-bond donors (Lipinski definition) is 1. The zero-order valence-corrected chi connectivity index (χ0v) is 8.24. The molecule has 0 amide bonds. The molecule has 2 fully saturated rings. The Morgan fingerprint density at radius 1 is 1.23 bits per heavy atom. The maximum atomic E-state index is 5.86. The number of nitrogens with two attached hydrogens (primary N) is 1. The Morgan fingerprint density at radius 2 is 2.00 bits per heavy atom. The molecular formula is C10H20N2O. The molecule has 0 aliphatic carbocycles. The third kappa shape index (κ3) is 2.66.